The first-order chi connectivity index (χ1) is 10.3. The predicted octanol–water partition coefficient (Wildman–Crippen LogP) is 4.04. The lowest BCUT2D eigenvalue weighted by molar-refractivity contribution is -0.128. The Kier molecular flexibility index (Phi) is 3.05. The van der Waals surface area contributed by atoms with E-state index in [1.54, 1.807) is 6.08 Å². The van der Waals surface area contributed by atoms with Gasteiger partial charge in [0.1, 0.15) is 0 Å². The maximum atomic E-state index is 10.0. The van der Waals surface area contributed by atoms with Crippen LogP contribution in [0, 0.1) is 34.5 Å². The van der Waals surface area contributed by atoms with Gasteiger partial charge in [-0.1, -0.05) is 44.9 Å². The highest BCUT2D eigenvalue weighted by Gasteiger charge is 2.57. The average molecular weight is 302 g/mol. The third kappa shape index (κ3) is 1.93. The van der Waals surface area contributed by atoms with Crippen molar-refractivity contribution in [1.29, 1.82) is 0 Å². The molecule has 0 bridgehead atoms. The van der Waals surface area contributed by atoms with Crippen LogP contribution in [0.5, 0.6) is 0 Å². The number of aliphatic hydroxyl groups is 2. The number of fused-ring (bicyclic) bond motifs is 5. The Morgan fingerprint density at radius 3 is 2.59 bits per heavy atom. The van der Waals surface area contributed by atoms with Crippen LogP contribution in [-0.2, 0) is 0 Å². The number of hydrogen-bond donors (Lipinski definition) is 2. The first kappa shape index (κ1) is 15.0. The van der Waals surface area contributed by atoms with Gasteiger partial charge >= 0.3 is 0 Å². The zero-order chi connectivity index (χ0) is 15.8. The fraction of sp³-hybridized carbons (Fsp3) is 0.800. The number of rotatable bonds is 0. The van der Waals surface area contributed by atoms with Gasteiger partial charge in [0.15, 0.2) is 5.79 Å². The van der Waals surface area contributed by atoms with Gasteiger partial charge in [0.25, 0.3) is 0 Å². The van der Waals surface area contributed by atoms with Crippen LogP contribution in [0.2, 0.25) is 0 Å². The van der Waals surface area contributed by atoms with E-state index in [1.165, 1.54) is 37.7 Å². The van der Waals surface area contributed by atoms with Crippen LogP contribution in [0.1, 0.15) is 59.3 Å². The second kappa shape index (κ2) is 4.48. The normalized spacial score (nSPS) is 52.5. The van der Waals surface area contributed by atoms with Gasteiger partial charge in [-0.2, -0.15) is 0 Å². The van der Waals surface area contributed by atoms with Gasteiger partial charge in [-0.05, 0) is 60.8 Å². The first-order valence-corrected chi connectivity index (χ1v) is 9.12. The Bertz CT molecular complexity index is 546. The second-order valence-electron chi connectivity index (χ2n) is 9.10. The van der Waals surface area contributed by atoms with E-state index < -0.39 is 5.79 Å². The molecule has 2 nitrogen and oxygen atoms in total. The van der Waals surface area contributed by atoms with Crippen LogP contribution in [0.25, 0.3) is 0 Å². The van der Waals surface area contributed by atoms with Crippen LogP contribution in [0.15, 0.2) is 23.8 Å². The molecule has 0 radical (unpaired) electrons. The van der Waals surface area contributed by atoms with Crippen molar-refractivity contribution in [3.63, 3.8) is 0 Å². The fourth-order valence-electron chi connectivity index (χ4n) is 6.59. The first-order valence-electron chi connectivity index (χ1n) is 9.12. The van der Waals surface area contributed by atoms with Crippen molar-refractivity contribution in [2.75, 3.05) is 0 Å². The Labute approximate surface area is 134 Å². The van der Waals surface area contributed by atoms with Gasteiger partial charge < -0.3 is 10.2 Å². The van der Waals surface area contributed by atoms with Crippen LogP contribution in [0.4, 0.5) is 0 Å². The molecule has 0 amide bonds. The molecule has 0 spiro atoms. The van der Waals surface area contributed by atoms with Gasteiger partial charge in [0.2, 0.25) is 0 Å². The zero-order valence-corrected chi connectivity index (χ0v) is 14.2. The van der Waals surface area contributed by atoms with Gasteiger partial charge in [0.05, 0.1) is 0 Å². The third-order valence-electron chi connectivity index (χ3n) is 7.79. The molecule has 122 valence electrons. The summed E-state index contributed by atoms with van der Waals surface area (Å²) >= 11 is 0. The minimum atomic E-state index is -1.64. The minimum absolute atomic E-state index is 0.0378. The van der Waals surface area contributed by atoms with Crippen molar-refractivity contribution in [2.24, 2.45) is 34.5 Å². The average Bonchev–Trinajstić information content (AvgIpc) is 2.82. The summed E-state index contributed by atoms with van der Waals surface area (Å²) in [6.07, 6.45) is 13.4. The van der Waals surface area contributed by atoms with E-state index in [2.05, 4.69) is 32.9 Å². The maximum absolute atomic E-state index is 10.0. The molecule has 4 rings (SSSR count). The van der Waals surface area contributed by atoms with Gasteiger partial charge in [-0.15, -0.1) is 0 Å². The smallest absolute Gasteiger partial charge is 0.186 e. The summed E-state index contributed by atoms with van der Waals surface area (Å²) in [7, 11) is 0. The summed E-state index contributed by atoms with van der Waals surface area (Å²) in [5.74, 6) is 1.22. The fourth-order valence-corrected chi connectivity index (χ4v) is 6.59. The summed E-state index contributed by atoms with van der Waals surface area (Å²) < 4.78 is 0. The highest BCUT2D eigenvalue weighted by molar-refractivity contribution is 5.34. The molecule has 2 N–H and O–H groups in total. The molecule has 0 heterocycles. The highest BCUT2D eigenvalue weighted by atomic mass is 16.5. The molecule has 0 aromatic carbocycles. The Morgan fingerprint density at radius 2 is 1.82 bits per heavy atom. The third-order valence-corrected chi connectivity index (χ3v) is 7.79. The molecule has 6 atom stereocenters. The van der Waals surface area contributed by atoms with Crippen molar-refractivity contribution < 1.29 is 10.2 Å². The van der Waals surface area contributed by atoms with Gasteiger partial charge in [0, 0.05) is 11.8 Å². The lowest BCUT2D eigenvalue weighted by Crippen LogP contribution is -2.51. The number of hydrogen-bond acceptors (Lipinski definition) is 2. The van der Waals surface area contributed by atoms with Crippen LogP contribution in [-0.4, -0.2) is 16.0 Å². The standard InChI is InChI=1S/C20H30O2/c1-13-11-14-12-20(21,22)10-9-19(14,3)16-6-8-18(2)7-4-5-15(18)17(13)16/h9-11,13,15-17,21-22H,4-8,12H2,1-3H3/t13-,15-,16-,17-,18-,19-/m0/s1. The van der Waals surface area contributed by atoms with Crippen LogP contribution < -0.4 is 0 Å². The van der Waals surface area contributed by atoms with Crippen molar-refractivity contribution in [1.82, 2.24) is 0 Å². The molecule has 0 aromatic rings. The topological polar surface area (TPSA) is 40.5 Å². The van der Waals surface area contributed by atoms with Crippen molar-refractivity contribution >= 4 is 0 Å². The minimum Gasteiger partial charge on any atom is -0.362 e. The van der Waals surface area contributed by atoms with E-state index in [1.807, 2.05) is 0 Å². The van der Waals surface area contributed by atoms with Crippen molar-refractivity contribution in [3.8, 4) is 0 Å². The Hall–Kier alpha value is -0.600. The lowest BCUT2D eigenvalue weighted by atomic mass is 9.47. The largest absolute Gasteiger partial charge is 0.362 e. The van der Waals surface area contributed by atoms with E-state index >= 15 is 0 Å². The summed E-state index contributed by atoms with van der Waals surface area (Å²) in [6, 6.07) is 0. The monoisotopic (exact) mass is 302 g/mol. The number of allylic oxidation sites excluding steroid dienone is 2. The summed E-state index contributed by atoms with van der Waals surface area (Å²) in [4.78, 5) is 0. The summed E-state index contributed by atoms with van der Waals surface area (Å²) in [5, 5.41) is 20.1. The molecule has 4 aliphatic rings. The van der Waals surface area contributed by atoms with Crippen LogP contribution >= 0.6 is 0 Å². The van der Waals surface area contributed by atoms with E-state index in [9.17, 15) is 10.2 Å². The van der Waals surface area contributed by atoms with Crippen LogP contribution in [0.3, 0.4) is 0 Å². The molecule has 0 unspecified atom stereocenters. The lowest BCUT2D eigenvalue weighted by Gasteiger charge is -2.58. The SMILES string of the molecule is C[C@H]1C=C2CC(O)(O)C=C[C@]2(C)[C@H]2CC[C@]3(C)CCC[C@H]3[C@H]12. The van der Waals surface area contributed by atoms with Crippen molar-refractivity contribution in [2.45, 2.75) is 65.1 Å². The molecular weight excluding hydrogens is 272 g/mol. The molecular formula is C20H30O2. The van der Waals surface area contributed by atoms with E-state index in [0.29, 0.717) is 23.7 Å². The molecule has 0 aliphatic heterocycles. The van der Waals surface area contributed by atoms with E-state index in [0.717, 1.165) is 11.8 Å². The highest BCUT2D eigenvalue weighted by Crippen LogP contribution is 2.65. The molecule has 0 saturated heterocycles. The van der Waals surface area contributed by atoms with Gasteiger partial charge in [-0.3, -0.25) is 0 Å². The zero-order valence-electron chi connectivity index (χ0n) is 14.2. The van der Waals surface area contributed by atoms with Crippen molar-refractivity contribution in [3.05, 3.63) is 23.8 Å². The Morgan fingerprint density at radius 1 is 1.05 bits per heavy atom. The summed E-state index contributed by atoms with van der Waals surface area (Å²) in [6.45, 7) is 7.23. The quantitative estimate of drug-likeness (QED) is 0.523. The van der Waals surface area contributed by atoms with Gasteiger partial charge in [-0.25, -0.2) is 0 Å². The predicted molar refractivity (Wildman–Crippen MR) is 87.9 cm³/mol. The molecule has 2 fully saturated rings. The Balaban J connectivity index is 1.77. The molecule has 22 heavy (non-hydrogen) atoms. The molecule has 4 aliphatic carbocycles. The van der Waals surface area contributed by atoms with E-state index in [-0.39, 0.29) is 5.41 Å². The maximum Gasteiger partial charge on any atom is 0.186 e. The molecule has 0 aromatic heterocycles. The summed E-state index contributed by atoms with van der Waals surface area (Å²) in [5.41, 5.74) is 1.86. The second-order valence-corrected chi connectivity index (χ2v) is 9.10. The molecule has 2 heteroatoms. The van der Waals surface area contributed by atoms with E-state index in [4.69, 9.17) is 0 Å². The molecule has 2 saturated carbocycles.